The minimum absolute atomic E-state index is 0.137. The molecule has 0 fully saturated rings. The highest BCUT2D eigenvalue weighted by Crippen LogP contribution is 2.08. The van der Waals surface area contributed by atoms with Crippen molar-refractivity contribution in [1.29, 1.82) is 0 Å². The van der Waals surface area contributed by atoms with Gasteiger partial charge in [-0.05, 0) is 24.6 Å². The van der Waals surface area contributed by atoms with Crippen molar-refractivity contribution in [3.05, 3.63) is 65.9 Å². The molecule has 0 atom stereocenters. The van der Waals surface area contributed by atoms with Crippen LogP contribution in [0.5, 0.6) is 0 Å². The fraction of sp³-hybridized carbons (Fsp3) is 0.0667. The Balaban J connectivity index is 3.21. The van der Waals surface area contributed by atoms with E-state index in [0.717, 1.165) is 5.57 Å². The van der Waals surface area contributed by atoms with Gasteiger partial charge in [0.2, 0.25) is 0 Å². The number of carbonyl (C=O) groups excluding carboxylic acids is 1. The Morgan fingerprint density at radius 3 is 2.69 bits per heavy atom. The second-order valence-corrected chi connectivity index (χ2v) is 3.29. The van der Waals surface area contributed by atoms with Gasteiger partial charge in [0, 0.05) is 17.2 Å². The van der Waals surface area contributed by atoms with Gasteiger partial charge in [-0.25, -0.2) is 0 Å². The van der Waals surface area contributed by atoms with Crippen LogP contribution in [0.25, 0.3) is 0 Å². The first-order chi connectivity index (χ1) is 7.65. The third-order valence-corrected chi connectivity index (χ3v) is 1.84. The van der Waals surface area contributed by atoms with Crippen LogP contribution in [-0.2, 0) is 0 Å². The van der Waals surface area contributed by atoms with Gasteiger partial charge in [-0.2, -0.15) is 0 Å². The highest BCUT2D eigenvalue weighted by atomic mass is 16.1. The lowest BCUT2D eigenvalue weighted by Crippen LogP contribution is -1.97. The topological polar surface area (TPSA) is 17.1 Å². The minimum Gasteiger partial charge on any atom is -0.289 e. The zero-order valence-electron chi connectivity index (χ0n) is 9.21. The van der Waals surface area contributed by atoms with E-state index in [1.807, 2.05) is 13.0 Å². The van der Waals surface area contributed by atoms with Crippen LogP contribution in [0.1, 0.15) is 22.8 Å². The van der Waals surface area contributed by atoms with E-state index in [1.54, 1.807) is 18.2 Å². The number of benzene rings is 1. The van der Waals surface area contributed by atoms with E-state index in [2.05, 4.69) is 30.7 Å². The number of hydrogen-bond donors (Lipinski definition) is 0. The van der Waals surface area contributed by atoms with Crippen molar-refractivity contribution in [2.24, 2.45) is 0 Å². The van der Waals surface area contributed by atoms with Crippen molar-refractivity contribution in [3.8, 4) is 11.8 Å². The fourth-order valence-electron chi connectivity index (χ4n) is 1.15. The van der Waals surface area contributed by atoms with Crippen LogP contribution < -0.4 is 0 Å². The summed E-state index contributed by atoms with van der Waals surface area (Å²) in [6, 6.07) is 7.19. The number of carbonyl (C=O) groups is 1. The molecular formula is C15H12O. The van der Waals surface area contributed by atoms with Crippen molar-refractivity contribution in [2.75, 3.05) is 0 Å². The van der Waals surface area contributed by atoms with Gasteiger partial charge < -0.3 is 0 Å². The van der Waals surface area contributed by atoms with Crippen molar-refractivity contribution in [2.45, 2.75) is 6.92 Å². The van der Waals surface area contributed by atoms with Crippen LogP contribution in [0.4, 0.5) is 0 Å². The van der Waals surface area contributed by atoms with Crippen LogP contribution in [0.15, 0.2) is 54.8 Å². The Kier molecular flexibility index (Phi) is 4.09. The molecule has 0 aliphatic rings. The first kappa shape index (κ1) is 11.8. The normalized spacial score (nSPS) is 8.31. The molecule has 0 spiro atoms. The quantitative estimate of drug-likeness (QED) is 0.316. The summed E-state index contributed by atoms with van der Waals surface area (Å²) in [7, 11) is 0. The Labute approximate surface area is 95.8 Å². The summed E-state index contributed by atoms with van der Waals surface area (Å²) in [5, 5.41) is 0. The Morgan fingerprint density at radius 1 is 1.38 bits per heavy atom. The zero-order chi connectivity index (χ0) is 12.0. The smallest absolute Gasteiger partial charge is 0.194 e. The molecule has 1 aromatic rings. The molecule has 0 heterocycles. The Morgan fingerprint density at radius 2 is 2.06 bits per heavy atom. The number of hydrogen-bond acceptors (Lipinski definition) is 1. The average molecular weight is 208 g/mol. The van der Waals surface area contributed by atoms with Gasteiger partial charge in [0.25, 0.3) is 0 Å². The molecule has 0 aromatic heterocycles. The SMILES string of the molecule is C=C=CC(=O)c1ccccc1C#CC(=C)C. The molecule has 16 heavy (non-hydrogen) atoms. The van der Waals surface area contributed by atoms with Crippen molar-refractivity contribution in [3.63, 3.8) is 0 Å². The summed E-state index contributed by atoms with van der Waals surface area (Å²) in [6.07, 6.45) is 1.31. The summed E-state index contributed by atoms with van der Waals surface area (Å²) >= 11 is 0. The number of rotatable bonds is 2. The summed E-state index contributed by atoms with van der Waals surface area (Å²) in [4.78, 5) is 11.7. The lowest BCUT2D eigenvalue weighted by Gasteiger charge is -1.98. The summed E-state index contributed by atoms with van der Waals surface area (Å²) < 4.78 is 0. The molecule has 78 valence electrons. The molecule has 0 saturated carbocycles. The van der Waals surface area contributed by atoms with Crippen LogP contribution in [0, 0.1) is 11.8 Å². The van der Waals surface area contributed by atoms with E-state index in [0.29, 0.717) is 11.1 Å². The van der Waals surface area contributed by atoms with E-state index in [9.17, 15) is 4.79 Å². The molecule has 0 amide bonds. The van der Waals surface area contributed by atoms with E-state index in [4.69, 9.17) is 0 Å². The largest absolute Gasteiger partial charge is 0.289 e. The summed E-state index contributed by atoms with van der Waals surface area (Å²) in [5.41, 5.74) is 4.49. The van der Waals surface area contributed by atoms with Gasteiger partial charge in [-0.3, -0.25) is 4.79 Å². The molecule has 1 rings (SSSR count). The van der Waals surface area contributed by atoms with Gasteiger partial charge in [-0.1, -0.05) is 37.1 Å². The van der Waals surface area contributed by atoms with Crippen LogP contribution in [0.2, 0.25) is 0 Å². The molecule has 1 aromatic carbocycles. The third kappa shape index (κ3) is 3.13. The standard InChI is InChI=1S/C15H12O/c1-4-7-15(16)14-9-6-5-8-13(14)11-10-12(2)3/h5-9H,1-2H2,3H3. The second kappa shape index (κ2) is 5.56. The monoisotopic (exact) mass is 208 g/mol. The maximum atomic E-state index is 11.7. The van der Waals surface area contributed by atoms with Gasteiger partial charge in [0.05, 0.1) is 0 Å². The van der Waals surface area contributed by atoms with Gasteiger partial charge >= 0.3 is 0 Å². The second-order valence-electron chi connectivity index (χ2n) is 3.29. The maximum Gasteiger partial charge on any atom is 0.194 e. The van der Waals surface area contributed by atoms with Crippen LogP contribution in [-0.4, -0.2) is 5.78 Å². The van der Waals surface area contributed by atoms with E-state index < -0.39 is 0 Å². The third-order valence-electron chi connectivity index (χ3n) is 1.84. The van der Waals surface area contributed by atoms with Crippen LogP contribution >= 0.6 is 0 Å². The molecule has 0 saturated heterocycles. The van der Waals surface area contributed by atoms with Gasteiger partial charge in [0.15, 0.2) is 5.78 Å². The molecule has 0 aliphatic heterocycles. The predicted octanol–water partition coefficient (Wildman–Crippen LogP) is 3.14. The highest BCUT2D eigenvalue weighted by Gasteiger charge is 2.05. The molecule has 0 aliphatic carbocycles. The molecule has 0 bridgehead atoms. The van der Waals surface area contributed by atoms with E-state index in [1.165, 1.54) is 6.08 Å². The number of ketones is 1. The summed E-state index contributed by atoms with van der Waals surface area (Å²) in [6.45, 7) is 8.89. The van der Waals surface area contributed by atoms with Crippen molar-refractivity contribution >= 4 is 5.78 Å². The van der Waals surface area contributed by atoms with Gasteiger partial charge in [0.1, 0.15) is 0 Å². The van der Waals surface area contributed by atoms with E-state index >= 15 is 0 Å². The van der Waals surface area contributed by atoms with E-state index in [-0.39, 0.29) is 5.78 Å². The maximum absolute atomic E-state index is 11.7. The molecular weight excluding hydrogens is 196 g/mol. The van der Waals surface area contributed by atoms with Gasteiger partial charge in [-0.15, -0.1) is 5.73 Å². The number of allylic oxidation sites excluding steroid dienone is 2. The molecule has 1 nitrogen and oxygen atoms in total. The first-order valence-corrected chi connectivity index (χ1v) is 4.82. The Hall–Kier alpha value is -2.29. The Bertz CT molecular complexity index is 532. The van der Waals surface area contributed by atoms with Crippen molar-refractivity contribution in [1.82, 2.24) is 0 Å². The lowest BCUT2D eigenvalue weighted by molar-refractivity contribution is 0.104. The summed E-state index contributed by atoms with van der Waals surface area (Å²) in [5.74, 6) is 5.63. The zero-order valence-corrected chi connectivity index (χ0v) is 9.21. The molecule has 0 unspecified atom stereocenters. The predicted molar refractivity (Wildman–Crippen MR) is 66.2 cm³/mol. The van der Waals surface area contributed by atoms with Crippen LogP contribution in [0.3, 0.4) is 0 Å². The van der Waals surface area contributed by atoms with Crippen molar-refractivity contribution < 1.29 is 4.79 Å². The average Bonchev–Trinajstić information content (AvgIpc) is 2.27. The lowest BCUT2D eigenvalue weighted by atomic mass is 10.0. The first-order valence-electron chi connectivity index (χ1n) is 4.82. The molecule has 1 heteroatoms. The molecule has 0 radical (unpaired) electrons. The highest BCUT2D eigenvalue weighted by molar-refractivity contribution is 6.06. The minimum atomic E-state index is -0.137. The fourth-order valence-corrected chi connectivity index (χ4v) is 1.15. The molecule has 0 N–H and O–H groups in total.